The second-order valence-electron chi connectivity index (χ2n) is 6.70. The van der Waals surface area contributed by atoms with Crippen molar-refractivity contribution in [3.05, 3.63) is 59.2 Å². The van der Waals surface area contributed by atoms with E-state index in [-0.39, 0.29) is 29.6 Å². The van der Waals surface area contributed by atoms with Crippen LogP contribution in [0.4, 0.5) is 0 Å². The molecule has 0 bridgehead atoms. The average Bonchev–Trinajstić information content (AvgIpc) is 2.66. The molecule has 1 aliphatic heterocycles. The van der Waals surface area contributed by atoms with Crippen LogP contribution in [0.15, 0.2) is 42.5 Å². The van der Waals surface area contributed by atoms with E-state index in [2.05, 4.69) is 6.08 Å². The molecular formula is C21H22O5. The third-order valence-electron chi connectivity index (χ3n) is 5.24. The SMILES string of the molecule is COc1ccc([C@@H]2C=C[C@H]3c4cc(OC)c(O)cc4CC[C@H]3O2)cc1O. The molecule has 4 rings (SSSR count). The van der Waals surface area contributed by atoms with Crippen LogP contribution in [0.25, 0.3) is 0 Å². The highest BCUT2D eigenvalue weighted by Crippen LogP contribution is 2.44. The van der Waals surface area contributed by atoms with Gasteiger partial charge < -0.3 is 24.4 Å². The van der Waals surface area contributed by atoms with E-state index in [1.807, 2.05) is 18.2 Å². The number of hydrogen-bond donors (Lipinski definition) is 2. The number of fused-ring (bicyclic) bond motifs is 3. The van der Waals surface area contributed by atoms with E-state index in [1.165, 1.54) is 7.11 Å². The number of phenolic OH excluding ortho intramolecular Hbond substituents is 2. The van der Waals surface area contributed by atoms with Crippen LogP contribution in [0.5, 0.6) is 23.0 Å². The summed E-state index contributed by atoms with van der Waals surface area (Å²) in [5.41, 5.74) is 3.17. The van der Waals surface area contributed by atoms with Gasteiger partial charge in [-0.3, -0.25) is 0 Å². The Balaban J connectivity index is 1.64. The Morgan fingerprint density at radius 2 is 1.73 bits per heavy atom. The van der Waals surface area contributed by atoms with Crippen LogP contribution in [0, 0.1) is 0 Å². The van der Waals surface area contributed by atoms with E-state index in [9.17, 15) is 10.2 Å². The minimum Gasteiger partial charge on any atom is -0.504 e. The standard InChI is InChI=1S/C21H22O5/c1-24-20-7-4-13(10-16(20)22)18-8-5-14-15-11-21(25-2)17(23)9-12(15)3-6-19(14)26-18/h4-5,7-11,14,18-19,22-23H,3,6H2,1-2H3/t14-,18-,19+/m0/s1. The molecule has 26 heavy (non-hydrogen) atoms. The van der Waals surface area contributed by atoms with Gasteiger partial charge in [-0.05, 0) is 53.8 Å². The molecule has 2 aromatic carbocycles. The predicted molar refractivity (Wildman–Crippen MR) is 97.1 cm³/mol. The van der Waals surface area contributed by atoms with Crippen LogP contribution in [0.3, 0.4) is 0 Å². The molecule has 0 aromatic heterocycles. The van der Waals surface area contributed by atoms with Crippen molar-refractivity contribution in [2.24, 2.45) is 0 Å². The monoisotopic (exact) mass is 354 g/mol. The Labute approximate surface area is 152 Å². The Kier molecular flexibility index (Phi) is 4.24. The van der Waals surface area contributed by atoms with Crippen molar-refractivity contribution in [2.75, 3.05) is 14.2 Å². The average molecular weight is 354 g/mol. The van der Waals surface area contributed by atoms with E-state index in [0.29, 0.717) is 11.5 Å². The van der Waals surface area contributed by atoms with Crippen LogP contribution in [-0.4, -0.2) is 30.5 Å². The fourth-order valence-electron chi connectivity index (χ4n) is 3.90. The highest BCUT2D eigenvalue weighted by atomic mass is 16.5. The van der Waals surface area contributed by atoms with Crippen LogP contribution >= 0.6 is 0 Å². The molecule has 136 valence electrons. The molecule has 5 nitrogen and oxygen atoms in total. The molecule has 5 heteroatoms. The molecule has 0 radical (unpaired) electrons. The van der Waals surface area contributed by atoms with E-state index in [1.54, 1.807) is 25.3 Å². The maximum Gasteiger partial charge on any atom is 0.160 e. The number of rotatable bonds is 3. The van der Waals surface area contributed by atoms with Crippen LogP contribution in [0.1, 0.15) is 35.1 Å². The molecule has 3 atom stereocenters. The van der Waals surface area contributed by atoms with Crippen molar-refractivity contribution in [1.82, 2.24) is 0 Å². The molecule has 2 N–H and O–H groups in total. The molecule has 0 saturated heterocycles. The second kappa shape index (κ2) is 6.57. The van der Waals surface area contributed by atoms with Gasteiger partial charge in [-0.2, -0.15) is 0 Å². The third kappa shape index (κ3) is 2.78. The molecule has 0 saturated carbocycles. The molecule has 0 amide bonds. The summed E-state index contributed by atoms with van der Waals surface area (Å²) in [4.78, 5) is 0. The van der Waals surface area contributed by atoms with Gasteiger partial charge in [0.25, 0.3) is 0 Å². The van der Waals surface area contributed by atoms with E-state index in [4.69, 9.17) is 14.2 Å². The van der Waals surface area contributed by atoms with Gasteiger partial charge in [-0.1, -0.05) is 18.2 Å². The number of hydrogen-bond acceptors (Lipinski definition) is 5. The van der Waals surface area contributed by atoms with E-state index < -0.39 is 0 Å². The Hall–Kier alpha value is -2.66. The molecule has 2 aliphatic rings. The quantitative estimate of drug-likeness (QED) is 0.820. The van der Waals surface area contributed by atoms with Crippen molar-refractivity contribution in [1.29, 1.82) is 0 Å². The lowest BCUT2D eigenvalue weighted by Crippen LogP contribution is -2.31. The summed E-state index contributed by atoms with van der Waals surface area (Å²) in [6, 6.07) is 9.05. The zero-order chi connectivity index (χ0) is 18.3. The van der Waals surface area contributed by atoms with Gasteiger partial charge in [0.05, 0.1) is 20.3 Å². The lowest BCUT2D eigenvalue weighted by atomic mass is 9.78. The zero-order valence-corrected chi connectivity index (χ0v) is 14.8. The third-order valence-corrected chi connectivity index (χ3v) is 5.24. The van der Waals surface area contributed by atoms with E-state index >= 15 is 0 Å². The molecule has 2 aromatic rings. The van der Waals surface area contributed by atoms with Gasteiger partial charge in [0.15, 0.2) is 23.0 Å². The van der Waals surface area contributed by atoms with Crippen molar-refractivity contribution in [3.8, 4) is 23.0 Å². The normalized spacial score (nSPS) is 23.8. The maximum absolute atomic E-state index is 10.0. The van der Waals surface area contributed by atoms with E-state index in [0.717, 1.165) is 29.5 Å². The molecule has 1 aliphatic carbocycles. The minimum atomic E-state index is -0.200. The van der Waals surface area contributed by atoms with Crippen molar-refractivity contribution in [2.45, 2.75) is 31.0 Å². The summed E-state index contributed by atoms with van der Waals surface area (Å²) in [7, 11) is 3.09. The summed E-state index contributed by atoms with van der Waals surface area (Å²) in [6.45, 7) is 0. The van der Waals surface area contributed by atoms with Gasteiger partial charge in [0, 0.05) is 5.92 Å². The number of benzene rings is 2. The van der Waals surface area contributed by atoms with Crippen LogP contribution < -0.4 is 9.47 Å². The minimum absolute atomic E-state index is 0.0518. The number of phenols is 2. The Morgan fingerprint density at radius 3 is 2.46 bits per heavy atom. The first-order valence-electron chi connectivity index (χ1n) is 8.71. The zero-order valence-electron chi connectivity index (χ0n) is 14.8. The lowest BCUT2D eigenvalue weighted by molar-refractivity contribution is -0.0140. The number of methoxy groups -OCH3 is 2. The summed E-state index contributed by atoms with van der Waals surface area (Å²) in [5.74, 6) is 1.36. The fraction of sp³-hybridized carbons (Fsp3) is 0.333. The second-order valence-corrected chi connectivity index (χ2v) is 6.70. The van der Waals surface area contributed by atoms with Gasteiger partial charge in [-0.25, -0.2) is 0 Å². The fourth-order valence-corrected chi connectivity index (χ4v) is 3.90. The first-order valence-corrected chi connectivity index (χ1v) is 8.71. The largest absolute Gasteiger partial charge is 0.504 e. The summed E-state index contributed by atoms with van der Waals surface area (Å²) >= 11 is 0. The molecular weight excluding hydrogens is 332 g/mol. The predicted octanol–water partition coefficient (Wildman–Crippen LogP) is 3.84. The molecule has 0 unspecified atom stereocenters. The van der Waals surface area contributed by atoms with Crippen molar-refractivity contribution < 1.29 is 24.4 Å². The topological polar surface area (TPSA) is 68.2 Å². The van der Waals surface area contributed by atoms with Crippen molar-refractivity contribution in [3.63, 3.8) is 0 Å². The lowest BCUT2D eigenvalue weighted by Gasteiger charge is -2.37. The summed E-state index contributed by atoms with van der Waals surface area (Å²) in [5, 5.41) is 20.0. The first-order chi connectivity index (χ1) is 12.6. The number of aromatic hydroxyl groups is 2. The molecule has 0 fully saturated rings. The summed E-state index contributed by atoms with van der Waals surface area (Å²) < 4.78 is 16.7. The first kappa shape index (κ1) is 16.8. The molecule has 1 heterocycles. The molecule has 0 spiro atoms. The highest BCUT2D eigenvalue weighted by Gasteiger charge is 2.34. The highest BCUT2D eigenvalue weighted by molar-refractivity contribution is 5.51. The number of ether oxygens (including phenoxy) is 3. The van der Waals surface area contributed by atoms with Gasteiger partial charge >= 0.3 is 0 Å². The van der Waals surface area contributed by atoms with Gasteiger partial charge in [0.1, 0.15) is 6.10 Å². The smallest absolute Gasteiger partial charge is 0.160 e. The Morgan fingerprint density at radius 1 is 0.962 bits per heavy atom. The summed E-state index contributed by atoms with van der Waals surface area (Å²) in [6.07, 6.45) is 5.77. The van der Waals surface area contributed by atoms with Gasteiger partial charge in [-0.15, -0.1) is 0 Å². The van der Waals surface area contributed by atoms with Crippen molar-refractivity contribution >= 4 is 0 Å². The maximum atomic E-state index is 10.0. The number of aryl methyl sites for hydroxylation is 1. The van der Waals surface area contributed by atoms with Gasteiger partial charge in [0.2, 0.25) is 0 Å². The van der Waals surface area contributed by atoms with Crippen LogP contribution in [-0.2, 0) is 11.2 Å². The van der Waals surface area contributed by atoms with Crippen LogP contribution in [0.2, 0.25) is 0 Å². The Bertz CT molecular complexity index is 858.